The van der Waals surface area contributed by atoms with Gasteiger partial charge < -0.3 is 10.2 Å². The van der Waals surface area contributed by atoms with E-state index < -0.39 is 0 Å². The Kier molecular flexibility index (Phi) is 9.08. The summed E-state index contributed by atoms with van der Waals surface area (Å²) < 4.78 is 1.15. The molecule has 0 aliphatic heterocycles. The molecule has 0 bridgehead atoms. The normalized spacial score (nSPS) is 11.0. The lowest BCUT2D eigenvalue weighted by Gasteiger charge is -2.21. The Morgan fingerprint density at radius 2 is 2.17 bits per heavy atom. The van der Waals surface area contributed by atoms with Gasteiger partial charge in [-0.05, 0) is 53.5 Å². The van der Waals surface area contributed by atoms with E-state index in [4.69, 9.17) is 4.99 Å². The average Bonchev–Trinajstić information content (AvgIpc) is 2.90. The number of rotatable bonds is 5. The largest absolute Gasteiger partial charge is 0.357 e. The van der Waals surface area contributed by atoms with Crippen molar-refractivity contribution in [2.75, 3.05) is 13.6 Å². The Bertz CT molecular complexity index is 645. The Hall–Kier alpha value is -0.670. The highest BCUT2D eigenvalue weighted by Crippen LogP contribution is 2.23. The molecule has 0 aliphatic rings. The smallest absolute Gasteiger partial charge is 0.194 e. The highest BCUT2D eigenvalue weighted by atomic mass is 127. The molecule has 0 fully saturated rings. The summed E-state index contributed by atoms with van der Waals surface area (Å²) in [6, 6.07) is 8.24. The number of halogens is 2. The highest BCUT2D eigenvalue weighted by Gasteiger charge is 2.08. The summed E-state index contributed by atoms with van der Waals surface area (Å²) in [5, 5.41) is 3.34. The molecule has 0 saturated heterocycles. The summed E-state index contributed by atoms with van der Waals surface area (Å²) in [5.41, 5.74) is 2.19. The summed E-state index contributed by atoms with van der Waals surface area (Å²) in [7, 11) is 2.06. The van der Waals surface area contributed by atoms with E-state index in [0.29, 0.717) is 6.54 Å². The van der Waals surface area contributed by atoms with Gasteiger partial charge in [0.1, 0.15) is 0 Å². The van der Waals surface area contributed by atoms with Crippen LogP contribution in [0, 0.1) is 6.92 Å². The molecule has 23 heavy (non-hydrogen) atoms. The SMILES string of the molecule is CCNC(=NCc1ncccc1C)N(C)Cc1ccc(Br)s1.I. The van der Waals surface area contributed by atoms with E-state index in [1.54, 1.807) is 11.3 Å². The third-order valence-corrected chi connectivity index (χ3v) is 4.82. The minimum atomic E-state index is 0. The van der Waals surface area contributed by atoms with Gasteiger partial charge in [0, 0.05) is 24.7 Å². The van der Waals surface area contributed by atoms with Crippen LogP contribution in [0.2, 0.25) is 0 Å². The second kappa shape index (κ2) is 10.2. The van der Waals surface area contributed by atoms with Gasteiger partial charge in [-0.15, -0.1) is 35.3 Å². The molecular weight excluding hydrogens is 487 g/mol. The third-order valence-electron chi connectivity index (χ3n) is 3.21. The van der Waals surface area contributed by atoms with E-state index in [9.17, 15) is 0 Å². The van der Waals surface area contributed by atoms with Crippen molar-refractivity contribution in [3.63, 3.8) is 0 Å². The van der Waals surface area contributed by atoms with Crippen molar-refractivity contribution in [3.8, 4) is 0 Å². The zero-order valence-electron chi connectivity index (χ0n) is 13.5. The fraction of sp³-hybridized carbons (Fsp3) is 0.375. The van der Waals surface area contributed by atoms with Crippen LogP contribution in [-0.2, 0) is 13.1 Å². The van der Waals surface area contributed by atoms with E-state index in [0.717, 1.165) is 28.5 Å². The van der Waals surface area contributed by atoms with Crippen molar-refractivity contribution in [2.45, 2.75) is 26.9 Å². The fourth-order valence-corrected chi connectivity index (χ4v) is 3.59. The molecule has 2 aromatic heterocycles. The maximum absolute atomic E-state index is 4.71. The predicted octanol–water partition coefficient (Wildman–Crippen LogP) is 4.43. The van der Waals surface area contributed by atoms with E-state index in [2.05, 4.69) is 70.2 Å². The Labute approximate surface area is 167 Å². The maximum Gasteiger partial charge on any atom is 0.194 e. The minimum absolute atomic E-state index is 0. The Morgan fingerprint density at radius 3 is 2.78 bits per heavy atom. The standard InChI is InChI=1S/C16H21BrN4S.HI/c1-4-18-16(20-10-14-12(2)6-5-9-19-14)21(3)11-13-7-8-15(17)22-13;/h5-9H,4,10-11H2,1-3H3,(H,18,20);1H. The quantitative estimate of drug-likeness (QED) is 0.369. The van der Waals surface area contributed by atoms with Gasteiger partial charge in [0.2, 0.25) is 0 Å². The molecule has 0 saturated carbocycles. The van der Waals surface area contributed by atoms with E-state index >= 15 is 0 Å². The highest BCUT2D eigenvalue weighted by molar-refractivity contribution is 14.0. The number of thiophene rings is 1. The Balaban J connectivity index is 0.00000264. The summed E-state index contributed by atoms with van der Waals surface area (Å²) in [5.74, 6) is 0.900. The fourth-order valence-electron chi connectivity index (χ4n) is 2.05. The van der Waals surface area contributed by atoms with Gasteiger partial charge in [-0.2, -0.15) is 0 Å². The number of aromatic nitrogens is 1. The van der Waals surface area contributed by atoms with Crippen LogP contribution in [0.4, 0.5) is 0 Å². The summed E-state index contributed by atoms with van der Waals surface area (Å²) in [4.78, 5) is 12.5. The third kappa shape index (κ3) is 6.39. The lowest BCUT2D eigenvalue weighted by molar-refractivity contribution is 0.481. The molecule has 0 aromatic carbocycles. The average molecular weight is 509 g/mol. The number of nitrogens with one attached hydrogen (secondary N) is 1. The van der Waals surface area contributed by atoms with Crippen LogP contribution < -0.4 is 5.32 Å². The zero-order valence-corrected chi connectivity index (χ0v) is 18.3. The first-order valence-electron chi connectivity index (χ1n) is 7.24. The van der Waals surface area contributed by atoms with Crippen LogP contribution in [0.3, 0.4) is 0 Å². The van der Waals surface area contributed by atoms with Gasteiger partial charge in [-0.25, -0.2) is 4.99 Å². The molecule has 0 radical (unpaired) electrons. The van der Waals surface area contributed by atoms with Crippen molar-refractivity contribution in [2.24, 2.45) is 4.99 Å². The number of aryl methyl sites for hydroxylation is 1. The first-order chi connectivity index (χ1) is 10.6. The van der Waals surface area contributed by atoms with E-state index in [1.165, 1.54) is 10.4 Å². The zero-order chi connectivity index (χ0) is 15.9. The number of hydrogen-bond acceptors (Lipinski definition) is 3. The summed E-state index contributed by atoms with van der Waals surface area (Å²) in [6.07, 6.45) is 1.82. The van der Waals surface area contributed by atoms with Crippen LogP contribution in [0.1, 0.15) is 23.1 Å². The molecule has 0 spiro atoms. The molecule has 0 atom stereocenters. The van der Waals surface area contributed by atoms with E-state index in [-0.39, 0.29) is 24.0 Å². The van der Waals surface area contributed by atoms with Crippen LogP contribution in [-0.4, -0.2) is 29.4 Å². The molecule has 0 aliphatic carbocycles. The molecule has 7 heteroatoms. The van der Waals surface area contributed by atoms with E-state index in [1.807, 2.05) is 12.3 Å². The molecule has 1 N–H and O–H groups in total. The monoisotopic (exact) mass is 508 g/mol. The van der Waals surface area contributed by atoms with Gasteiger partial charge >= 0.3 is 0 Å². The Morgan fingerprint density at radius 1 is 1.39 bits per heavy atom. The van der Waals surface area contributed by atoms with Gasteiger partial charge in [-0.1, -0.05) is 6.07 Å². The van der Waals surface area contributed by atoms with Crippen LogP contribution in [0.15, 0.2) is 39.2 Å². The number of nitrogens with zero attached hydrogens (tertiary/aromatic N) is 3. The van der Waals surface area contributed by atoms with Crippen LogP contribution in [0.5, 0.6) is 0 Å². The van der Waals surface area contributed by atoms with Crippen molar-refractivity contribution < 1.29 is 0 Å². The number of guanidine groups is 1. The van der Waals surface area contributed by atoms with Gasteiger partial charge in [0.15, 0.2) is 5.96 Å². The van der Waals surface area contributed by atoms with Crippen molar-refractivity contribution in [1.82, 2.24) is 15.2 Å². The molecular formula is C16H22BrIN4S. The van der Waals surface area contributed by atoms with Crippen LogP contribution >= 0.6 is 51.2 Å². The van der Waals surface area contributed by atoms with Crippen molar-refractivity contribution in [1.29, 1.82) is 0 Å². The lowest BCUT2D eigenvalue weighted by Crippen LogP contribution is -2.38. The molecule has 2 heterocycles. The molecule has 0 amide bonds. The van der Waals surface area contributed by atoms with Crippen molar-refractivity contribution in [3.05, 3.63) is 50.4 Å². The predicted molar refractivity (Wildman–Crippen MR) is 113 cm³/mol. The molecule has 4 nitrogen and oxygen atoms in total. The number of aliphatic imine (C=N–C) groups is 1. The number of hydrogen-bond donors (Lipinski definition) is 1. The minimum Gasteiger partial charge on any atom is -0.357 e. The lowest BCUT2D eigenvalue weighted by atomic mass is 10.2. The van der Waals surface area contributed by atoms with Gasteiger partial charge in [-0.3, -0.25) is 4.98 Å². The molecule has 2 rings (SSSR count). The molecule has 0 unspecified atom stereocenters. The molecule has 126 valence electrons. The first-order valence-corrected chi connectivity index (χ1v) is 8.85. The van der Waals surface area contributed by atoms with Gasteiger partial charge in [0.05, 0.1) is 22.6 Å². The van der Waals surface area contributed by atoms with Gasteiger partial charge in [0.25, 0.3) is 0 Å². The second-order valence-corrected chi connectivity index (χ2v) is 7.55. The second-order valence-electron chi connectivity index (χ2n) is 5.00. The topological polar surface area (TPSA) is 40.5 Å². The van der Waals surface area contributed by atoms with Crippen LogP contribution in [0.25, 0.3) is 0 Å². The first kappa shape index (κ1) is 20.4. The maximum atomic E-state index is 4.71. The molecule has 2 aromatic rings. The summed E-state index contributed by atoms with van der Waals surface area (Å²) >= 11 is 5.25. The van der Waals surface area contributed by atoms with Crippen molar-refractivity contribution >= 4 is 57.2 Å². The number of pyridine rings is 1. The summed E-state index contributed by atoms with van der Waals surface area (Å²) in [6.45, 7) is 6.42.